The van der Waals surface area contributed by atoms with Crippen molar-refractivity contribution in [3.05, 3.63) is 39.6 Å². The third kappa shape index (κ3) is 2.51. The van der Waals surface area contributed by atoms with E-state index < -0.39 is 0 Å². The zero-order valence-electron chi connectivity index (χ0n) is 9.07. The van der Waals surface area contributed by atoms with Crippen LogP contribution in [0.4, 0.5) is 5.69 Å². The molecule has 16 heavy (non-hydrogen) atoms. The van der Waals surface area contributed by atoms with Crippen LogP contribution in [0.15, 0.2) is 23.8 Å². The highest BCUT2D eigenvalue weighted by atomic mass is 35.5. The van der Waals surface area contributed by atoms with Gasteiger partial charge in [0, 0.05) is 16.8 Å². The molecule has 1 unspecified atom stereocenters. The molecule has 0 aromatic carbocycles. The van der Waals surface area contributed by atoms with Crippen LogP contribution in [0.25, 0.3) is 0 Å². The maximum Gasteiger partial charge on any atom is 0.131 e. The fraction of sp³-hybridized carbons (Fsp3) is 0.273. The number of hydrogen-bond acceptors (Lipinski definition) is 4. The van der Waals surface area contributed by atoms with Crippen LogP contribution in [-0.2, 0) is 0 Å². The summed E-state index contributed by atoms with van der Waals surface area (Å²) >= 11 is 7.48. The monoisotopic (exact) mass is 253 g/mol. The van der Waals surface area contributed by atoms with E-state index in [9.17, 15) is 0 Å². The van der Waals surface area contributed by atoms with Gasteiger partial charge in [0.1, 0.15) is 5.15 Å². The van der Waals surface area contributed by atoms with Gasteiger partial charge in [0.25, 0.3) is 0 Å². The van der Waals surface area contributed by atoms with Gasteiger partial charge in [0.05, 0.1) is 17.2 Å². The van der Waals surface area contributed by atoms with Gasteiger partial charge in [0.15, 0.2) is 0 Å². The highest BCUT2D eigenvalue weighted by Crippen LogP contribution is 2.25. The lowest BCUT2D eigenvalue weighted by atomic mass is 10.2. The second kappa shape index (κ2) is 4.80. The fourth-order valence-electron chi connectivity index (χ4n) is 1.53. The number of aromatic nitrogens is 2. The number of pyridine rings is 1. The molecule has 2 aromatic heterocycles. The van der Waals surface area contributed by atoms with Crippen LogP contribution >= 0.6 is 22.9 Å². The molecule has 0 aliphatic rings. The Morgan fingerprint density at radius 3 is 2.88 bits per heavy atom. The van der Waals surface area contributed by atoms with E-state index in [1.807, 2.05) is 24.6 Å². The number of anilines is 1. The number of hydrogen-bond donors (Lipinski definition) is 1. The van der Waals surface area contributed by atoms with Crippen molar-refractivity contribution in [2.24, 2.45) is 0 Å². The standard InChI is InChI=1S/C11H12ClN3S/c1-7-11(16-6-14-7)8(2)15-9-3-4-13-10(12)5-9/h3-6,8H,1-2H3,(H,13,15). The zero-order chi connectivity index (χ0) is 11.5. The lowest BCUT2D eigenvalue weighted by molar-refractivity contribution is 0.890. The van der Waals surface area contributed by atoms with E-state index in [0.717, 1.165) is 11.4 Å². The fourth-order valence-corrected chi connectivity index (χ4v) is 2.52. The minimum atomic E-state index is 0.228. The van der Waals surface area contributed by atoms with Crippen molar-refractivity contribution < 1.29 is 0 Å². The highest BCUT2D eigenvalue weighted by Gasteiger charge is 2.10. The predicted molar refractivity (Wildman–Crippen MR) is 68.1 cm³/mol. The van der Waals surface area contributed by atoms with E-state index in [4.69, 9.17) is 11.6 Å². The number of aryl methyl sites for hydroxylation is 1. The van der Waals surface area contributed by atoms with Crippen LogP contribution in [0.3, 0.4) is 0 Å². The van der Waals surface area contributed by atoms with Crippen LogP contribution < -0.4 is 5.32 Å². The summed E-state index contributed by atoms with van der Waals surface area (Å²) in [7, 11) is 0. The van der Waals surface area contributed by atoms with Gasteiger partial charge in [-0.3, -0.25) is 0 Å². The lowest BCUT2D eigenvalue weighted by Gasteiger charge is -2.14. The number of nitrogens with zero attached hydrogens (tertiary/aromatic N) is 2. The van der Waals surface area contributed by atoms with Gasteiger partial charge in [0.2, 0.25) is 0 Å². The molecule has 2 aromatic rings. The molecular weight excluding hydrogens is 242 g/mol. The van der Waals surface area contributed by atoms with E-state index in [1.165, 1.54) is 4.88 Å². The molecule has 0 saturated heterocycles. The van der Waals surface area contributed by atoms with Gasteiger partial charge in [-0.15, -0.1) is 11.3 Å². The Morgan fingerprint density at radius 1 is 1.44 bits per heavy atom. The Hall–Kier alpha value is -1.13. The third-order valence-electron chi connectivity index (χ3n) is 2.29. The molecule has 0 fully saturated rings. The van der Waals surface area contributed by atoms with Crippen LogP contribution in [0.2, 0.25) is 5.15 Å². The smallest absolute Gasteiger partial charge is 0.131 e. The molecule has 84 valence electrons. The van der Waals surface area contributed by atoms with E-state index in [0.29, 0.717) is 5.15 Å². The largest absolute Gasteiger partial charge is 0.377 e. The van der Waals surface area contributed by atoms with Gasteiger partial charge in [-0.25, -0.2) is 9.97 Å². The molecule has 2 rings (SSSR count). The van der Waals surface area contributed by atoms with Gasteiger partial charge >= 0.3 is 0 Å². The summed E-state index contributed by atoms with van der Waals surface area (Å²) in [6, 6.07) is 3.94. The molecule has 1 N–H and O–H groups in total. The number of rotatable bonds is 3. The van der Waals surface area contributed by atoms with Crippen LogP contribution in [0.5, 0.6) is 0 Å². The Labute approximate surface area is 104 Å². The van der Waals surface area contributed by atoms with Gasteiger partial charge < -0.3 is 5.32 Å². The van der Waals surface area contributed by atoms with Crippen molar-refractivity contribution in [1.82, 2.24) is 9.97 Å². The van der Waals surface area contributed by atoms with Crippen molar-refractivity contribution >= 4 is 28.6 Å². The molecule has 5 heteroatoms. The number of halogens is 1. The van der Waals surface area contributed by atoms with Crippen LogP contribution in [-0.4, -0.2) is 9.97 Å². The summed E-state index contributed by atoms with van der Waals surface area (Å²) in [5, 5.41) is 3.87. The summed E-state index contributed by atoms with van der Waals surface area (Å²) < 4.78 is 0. The van der Waals surface area contributed by atoms with Crippen molar-refractivity contribution in [2.75, 3.05) is 5.32 Å². The zero-order valence-corrected chi connectivity index (χ0v) is 10.6. The molecule has 0 aliphatic carbocycles. The molecule has 0 spiro atoms. The maximum atomic E-state index is 5.82. The maximum absolute atomic E-state index is 5.82. The predicted octanol–water partition coefficient (Wildman–Crippen LogP) is 3.67. The van der Waals surface area contributed by atoms with Gasteiger partial charge in [-0.1, -0.05) is 11.6 Å². The topological polar surface area (TPSA) is 37.8 Å². The average molecular weight is 254 g/mol. The molecule has 0 bridgehead atoms. The Morgan fingerprint density at radius 2 is 2.25 bits per heavy atom. The van der Waals surface area contributed by atoms with E-state index in [1.54, 1.807) is 17.5 Å². The van der Waals surface area contributed by atoms with Crippen LogP contribution in [0.1, 0.15) is 23.5 Å². The van der Waals surface area contributed by atoms with Crippen molar-refractivity contribution in [3.63, 3.8) is 0 Å². The molecule has 0 amide bonds. The van der Waals surface area contributed by atoms with Crippen molar-refractivity contribution in [2.45, 2.75) is 19.9 Å². The lowest BCUT2D eigenvalue weighted by Crippen LogP contribution is -2.06. The molecule has 1 atom stereocenters. The first-order valence-corrected chi connectivity index (χ1v) is 6.20. The minimum absolute atomic E-state index is 0.228. The first-order chi connectivity index (χ1) is 7.66. The van der Waals surface area contributed by atoms with Crippen LogP contribution in [0, 0.1) is 6.92 Å². The normalized spacial score (nSPS) is 12.4. The SMILES string of the molecule is Cc1ncsc1C(C)Nc1ccnc(Cl)c1. The number of nitrogens with one attached hydrogen (secondary N) is 1. The minimum Gasteiger partial charge on any atom is -0.377 e. The second-order valence-electron chi connectivity index (χ2n) is 3.54. The first-order valence-electron chi connectivity index (χ1n) is 4.95. The van der Waals surface area contributed by atoms with Crippen molar-refractivity contribution in [3.8, 4) is 0 Å². The van der Waals surface area contributed by atoms with E-state index in [2.05, 4.69) is 22.2 Å². The molecule has 0 aliphatic heterocycles. The van der Waals surface area contributed by atoms with Gasteiger partial charge in [-0.05, 0) is 26.0 Å². The molecular formula is C11H12ClN3S. The molecule has 0 saturated carbocycles. The Kier molecular flexibility index (Phi) is 3.41. The summed E-state index contributed by atoms with van der Waals surface area (Å²) in [4.78, 5) is 9.42. The van der Waals surface area contributed by atoms with Gasteiger partial charge in [-0.2, -0.15) is 0 Å². The molecule has 3 nitrogen and oxygen atoms in total. The van der Waals surface area contributed by atoms with E-state index in [-0.39, 0.29) is 6.04 Å². The average Bonchev–Trinajstić information content (AvgIpc) is 2.64. The Bertz CT molecular complexity index is 484. The number of thiazole rings is 1. The summed E-state index contributed by atoms with van der Waals surface area (Å²) in [5.41, 5.74) is 3.91. The highest BCUT2D eigenvalue weighted by molar-refractivity contribution is 7.09. The second-order valence-corrected chi connectivity index (χ2v) is 4.81. The van der Waals surface area contributed by atoms with Crippen molar-refractivity contribution in [1.29, 1.82) is 0 Å². The summed E-state index contributed by atoms with van der Waals surface area (Å²) in [5.74, 6) is 0. The first kappa shape index (κ1) is 11.4. The quantitative estimate of drug-likeness (QED) is 0.848. The molecule has 0 radical (unpaired) electrons. The summed E-state index contributed by atoms with van der Waals surface area (Å²) in [6.07, 6.45) is 1.69. The Balaban J connectivity index is 2.14. The van der Waals surface area contributed by atoms with E-state index >= 15 is 0 Å². The third-order valence-corrected chi connectivity index (χ3v) is 3.61. The summed E-state index contributed by atoms with van der Waals surface area (Å²) in [6.45, 7) is 4.12. The molecule has 2 heterocycles.